The number of nitrogens with one attached hydrogen (secondary N) is 1. The van der Waals surface area contributed by atoms with Crippen molar-refractivity contribution in [3.05, 3.63) is 0 Å². The Kier molecular flexibility index (Phi) is 4.54. The minimum absolute atomic E-state index is 0.206. The van der Waals surface area contributed by atoms with Crippen LogP contribution in [0, 0.1) is 0 Å². The third-order valence-corrected chi connectivity index (χ3v) is 2.90. The molecule has 16 heavy (non-hydrogen) atoms. The first kappa shape index (κ1) is 12.8. The highest BCUT2D eigenvalue weighted by Gasteiger charge is 2.29. The number of carboxylic acid groups (broad SMARTS) is 1. The first-order chi connectivity index (χ1) is 7.52. The van der Waals surface area contributed by atoms with Gasteiger partial charge < -0.3 is 20.4 Å². The summed E-state index contributed by atoms with van der Waals surface area (Å²) in [6, 6.07) is -0.657. The molecule has 0 radical (unpaired) electrons. The molecule has 0 aliphatic heterocycles. The zero-order valence-corrected chi connectivity index (χ0v) is 9.35. The van der Waals surface area contributed by atoms with Crippen molar-refractivity contribution < 1.29 is 19.8 Å². The van der Waals surface area contributed by atoms with Crippen molar-refractivity contribution in [3.8, 4) is 0 Å². The second kappa shape index (κ2) is 5.69. The van der Waals surface area contributed by atoms with Crippen LogP contribution in [0.15, 0.2) is 0 Å². The fraction of sp³-hybridized carbons (Fsp3) is 0.800. The molecule has 1 saturated carbocycles. The van der Waals surface area contributed by atoms with Gasteiger partial charge in [-0.25, -0.2) is 4.79 Å². The summed E-state index contributed by atoms with van der Waals surface area (Å²) in [6.07, 6.45) is 2.91. The third-order valence-electron chi connectivity index (χ3n) is 2.90. The Morgan fingerprint density at radius 3 is 2.56 bits per heavy atom. The third kappa shape index (κ3) is 3.37. The summed E-state index contributed by atoms with van der Waals surface area (Å²) in [4.78, 5) is 23.2. The number of carbonyl (C=O) groups excluding carboxylic acids is 1. The number of hydrogen-bond acceptors (Lipinski definition) is 3. The first-order valence-corrected chi connectivity index (χ1v) is 5.43. The SMILES string of the molecule is CN(C(=O)NCC(=O)O)C1CCCCC1O. The van der Waals surface area contributed by atoms with Crippen molar-refractivity contribution in [2.24, 2.45) is 0 Å². The normalized spacial score (nSPS) is 24.9. The Morgan fingerprint density at radius 1 is 1.38 bits per heavy atom. The summed E-state index contributed by atoms with van der Waals surface area (Å²) in [7, 11) is 1.58. The van der Waals surface area contributed by atoms with Crippen LogP contribution in [0.4, 0.5) is 4.79 Å². The van der Waals surface area contributed by atoms with E-state index in [0.717, 1.165) is 19.3 Å². The van der Waals surface area contributed by atoms with E-state index in [4.69, 9.17) is 5.11 Å². The van der Waals surface area contributed by atoms with E-state index in [0.29, 0.717) is 6.42 Å². The molecule has 3 N–H and O–H groups in total. The molecular formula is C10H18N2O4. The monoisotopic (exact) mass is 230 g/mol. The van der Waals surface area contributed by atoms with Gasteiger partial charge in [-0.15, -0.1) is 0 Å². The molecule has 2 atom stereocenters. The Balaban J connectivity index is 2.45. The van der Waals surface area contributed by atoms with E-state index < -0.39 is 24.6 Å². The number of urea groups is 1. The molecule has 0 heterocycles. The summed E-state index contributed by atoms with van der Waals surface area (Å²) in [5.41, 5.74) is 0. The molecule has 2 unspecified atom stereocenters. The van der Waals surface area contributed by atoms with Gasteiger partial charge in [0.15, 0.2) is 0 Å². The maximum absolute atomic E-state index is 11.5. The van der Waals surface area contributed by atoms with Crippen LogP contribution >= 0.6 is 0 Å². The zero-order valence-electron chi connectivity index (χ0n) is 9.35. The molecule has 1 rings (SSSR count). The number of carboxylic acids is 1. The van der Waals surface area contributed by atoms with Gasteiger partial charge in [-0.1, -0.05) is 12.8 Å². The van der Waals surface area contributed by atoms with Crippen LogP contribution in [0.1, 0.15) is 25.7 Å². The van der Waals surface area contributed by atoms with Crippen molar-refractivity contribution in [1.29, 1.82) is 0 Å². The summed E-state index contributed by atoms with van der Waals surface area (Å²) in [5.74, 6) is -1.08. The van der Waals surface area contributed by atoms with Gasteiger partial charge in [-0.2, -0.15) is 0 Å². The van der Waals surface area contributed by atoms with Crippen LogP contribution < -0.4 is 5.32 Å². The Labute approximate surface area is 94.2 Å². The molecule has 0 spiro atoms. The number of hydrogen-bond donors (Lipinski definition) is 3. The second-order valence-corrected chi connectivity index (χ2v) is 4.08. The number of aliphatic carboxylic acids is 1. The molecule has 6 heteroatoms. The van der Waals surface area contributed by atoms with Gasteiger partial charge in [0.1, 0.15) is 6.54 Å². The molecule has 1 aliphatic carbocycles. The van der Waals surface area contributed by atoms with Gasteiger partial charge in [0.05, 0.1) is 12.1 Å². The van der Waals surface area contributed by atoms with Gasteiger partial charge >= 0.3 is 12.0 Å². The van der Waals surface area contributed by atoms with Crippen molar-refractivity contribution in [2.45, 2.75) is 37.8 Å². The lowest BCUT2D eigenvalue weighted by Crippen LogP contribution is -2.50. The number of likely N-dealkylation sites (N-methyl/N-ethyl adjacent to an activating group) is 1. The smallest absolute Gasteiger partial charge is 0.323 e. The quantitative estimate of drug-likeness (QED) is 0.637. The zero-order chi connectivity index (χ0) is 12.1. The number of aliphatic hydroxyl groups excluding tert-OH is 1. The number of carbonyl (C=O) groups is 2. The lowest BCUT2D eigenvalue weighted by Gasteiger charge is -2.34. The number of aliphatic hydroxyl groups is 1. The summed E-state index contributed by atoms with van der Waals surface area (Å²) < 4.78 is 0. The predicted molar refractivity (Wildman–Crippen MR) is 57.1 cm³/mol. The number of rotatable bonds is 3. The molecule has 92 valence electrons. The van der Waals surface area contributed by atoms with Crippen molar-refractivity contribution in [1.82, 2.24) is 10.2 Å². The van der Waals surface area contributed by atoms with E-state index in [1.165, 1.54) is 4.90 Å². The first-order valence-electron chi connectivity index (χ1n) is 5.43. The van der Waals surface area contributed by atoms with Crippen molar-refractivity contribution in [2.75, 3.05) is 13.6 Å². The fourth-order valence-corrected chi connectivity index (χ4v) is 1.97. The standard InChI is InChI=1S/C10H18N2O4/c1-12(10(16)11-6-9(14)15)7-4-2-3-5-8(7)13/h7-8,13H,2-6H2,1H3,(H,11,16)(H,14,15). The van der Waals surface area contributed by atoms with Gasteiger partial charge in [0.2, 0.25) is 0 Å². The van der Waals surface area contributed by atoms with Crippen LogP contribution in [-0.4, -0.2) is 52.9 Å². The summed E-state index contributed by atoms with van der Waals surface area (Å²) in [6.45, 7) is -0.397. The largest absolute Gasteiger partial charge is 0.480 e. The highest BCUT2D eigenvalue weighted by molar-refractivity contribution is 5.80. The summed E-state index contributed by atoms with van der Waals surface area (Å²) in [5, 5.41) is 20.4. The van der Waals surface area contributed by atoms with Gasteiger partial charge in [-0.3, -0.25) is 4.79 Å². The highest BCUT2D eigenvalue weighted by atomic mass is 16.4. The molecule has 1 aliphatic rings. The molecule has 6 nitrogen and oxygen atoms in total. The maximum atomic E-state index is 11.5. The molecular weight excluding hydrogens is 212 g/mol. The van der Waals surface area contributed by atoms with E-state index in [9.17, 15) is 14.7 Å². The van der Waals surface area contributed by atoms with Crippen LogP contribution in [-0.2, 0) is 4.79 Å². The van der Waals surface area contributed by atoms with E-state index >= 15 is 0 Å². The van der Waals surface area contributed by atoms with Crippen LogP contribution in [0.5, 0.6) is 0 Å². The predicted octanol–water partition coefficient (Wildman–Crippen LogP) is 0.0159. The highest BCUT2D eigenvalue weighted by Crippen LogP contribution is 2.22. The van der Waals surface area contributed by atoms with Gasteiger partial charge in [-0.05, 0) is 12.8 Å². The number of amides is 2. The van der Waals surface area contributed by atoms with Crippen LogP contribution in [0.2, 0.25) is 0 Å². The molecule has 0 bridgehead atoms. The Morgan fingerprint density at radius 2 is 2.00 bits per heavy atom. The molecule has 2 amide bonds. The fourth-order valence-electron chi connectivity index (χ4n) is 1.97. The molecule has 0 aromatic heterocycles. The van der Waals surface area contributed by atoms with Crippen molar-refractivity contribution in [3.63, 3.8) is 0 Å². The molecule has 0 aromatic rings. The lowest BCUT2D eigenvalue weighted by molar-refractivity contribution is -0.135. The second-order valence-electron chi connectivity index (χ2n) is 4.08. The Bertz CT molecular complexity index is 270. The maximum Gasteiger partial charge on any atom is 0.323 e. The van der Waals surface area contributed by atoms with Crippen LogP contribution in [0.3, 0.4) is 0 Å². The van der Waals surface area contributed by atoms with Gasteiger partial charge in [0.25, 0.3) is 0 Å². The lowest BCUT2D eigenvalue weighted by atomic mass is 9.92. The average Bonchev–Trinajstić information content (AvgIpc) is 2.25. The van der Waals surface area contributed by atoms with E-state index in [-0.39, 0.29) is 6.04 Å². The number of nitrogens with zero attached hydrogens (tertiary/aromatic N) is 1. The summed E-state index contributed by atoms with van der Waals surface area (Å²) >= 11 is 0. The molecule has 0 aromatic carbocycles. The minimum Gasteiger partial charge on any atom is -0.480 e. The average molecular weight is 230 g/mol. The van der Waals surface area contributed by atoms with Gasteiger partial charge in [0, 0.05) is 7.05 Å². The van der Waals surface area contributed by atoms with Crippen LogP contribution in [0.25, 0.3) is 0 Å². The minimum atomic E-state index is -1.08. The van der Waals surface area contributed by atoms with E-state index in [1.807, 2.05) is 0 Å². The van der Waals surface area contributed by atoms with Crippen molar-refractivity contribution >= 4 is 12.0 Å². The Hall–Kier alpha value is -1.30. The topological polar surface area (TPSA) is 89.9 Å². The molecule has 0 saturated heterocycles. The molecule has 1 fully saturated rings. The van der Waals surface area contributed by atoms with E-state index in [2.05, 4.69) is 5.32 Å². The van der Waals surface area contributed by atoms with E-state index in [1.54, 1.807) is 7.05 Å².